The van der Waals surface area contributed by atoms with Crippen LogP contribution in [0.1, 0.15) is 70.3 Å². The van der Waals surface area contributed by atoms with Gasteiger partial charge in [-0.15, -0.1) is 11.8 Å². The van der Waals surface area contributed by atoms with Crippen molar-refractivity contribution >= 4 is 23.6 Å². The molecule has 1 aliphatic heterocycles. The fraction of sp³-hybridized carbons (Fsp3) is 0.636. The van der Waals surface area contributed by atoms with Crippen molar-refractivity contribution < 1.29 is 9.59 Å². The number of benzene rings is 1. The van der Waals surface area contributed by atoms with Crippen LogP contribution in [0, 0.1) is 5.41 Å². The number of amides is 2. The SMILES string of the molecule is CC(C)(C)c1ccc(C(=O)N2C(C(=O)NC3CC3)CSC2C(C)(C)C)cc1. The van der Waals surface area contributed by atoms with Crippen LogP contribution in [0.25, 0.3) is 0 Å². The molecule has 2 atom stereocenters. The first-order valence-corrected chi connectivity index (χ1v) is 10.9. The molecule has 2 fully saturated rings. The summed E-state index contributed by atoms with van der Waals surface area (Å²) in [5.41, 5.74) is 1.81. The van der Waals surface area contributed by atoms with E-state index in [0.29, 0.717) is 17.4 Å². The number of carbonyl (C=O) groups excluding carboxylic acids is 2. The highest BCUT2D eigenvalue weighted by molar-refractivity contribution is 8.00. The Kier molecular flexibility index (Phi) is 5.37. The first-order chi connectivity index (χ1) is 12.5. The lowest BCUT2D eigenvalue weighted by atomic mass is 9.86. The zero-order chi connectivity index (χ0) is 20.0. The zero-order valence-corrected chi connectivity index (χ0v) is 18.2. The first kappa shape index (κ1) is 20.2. The Bertz CT molecular complexity index is 711. The van der Waals surface area contributed by atoms with E-state index >= 15 is 0 Å². The van der Waals surface area contributed by atoms with Gasteiger partial charge in [-0.3, -0.25) is 9.59 Å². The molecule has 1 aromatic carbocycles. The van der Waals surface area contributed by atoms with Gasteiger partial charge in [0.1, 0.15) is 6.04 Å². The van der Waals surface area contributed by atoms with Crippen LogP contribution in [-0.2, 0) is 10.2 Å². The predicted octanol–water partition coefficient (Wildman–Crippen LogP) is 4.19. The maximum absolute atomic E-state index is 13.4. The molecular formula is C22H32N2O2S. The summed E-state index contributed by atoms with van der Waals surface area (Å²) in [6, 6.07) is 7.78. The van der Waals surface area contributed by atoms with Crippen molar-refractivity contribution in [2.24, 2.45) is 5.41 Å². The Hall–Kier alpha value is -1.49. The smallest absolute Gasteiger partial charge is 0.255 e. The van der Waals surface area contributed by atoms with Crippen molar-refractivity contribution in [3.8, 4) is 0 Å². The van der Waals surface area contributed by atoms with E-state index in [1.54, 1.807) is 11.8 Å². The molecule has 5 heteroatoms. The quantitative estimate of drug-likeness (QED) is 0.844. The van der Waals surface area contributed by atoms with Gasteiger partial charge < -0.3 is 10.2 Å². The van der Waals surface area contributed by atoms with Gasteiger partial charge in [0.2, 0.25) is 5.91 Å². The standard InChI is InChI=1S/C22H32N2O2S/c1-21(2,3)15-9-7-14(8-10-15)19(26)24-17(18(25)23-16-11-12-16)13-27-20(24)22(4,5)6/h7-10,16-17,20H,11-13H2,1-6H3,(H,23,25). The summed E-state index contributed by atoms with van der Waals surface area (Å²) in [4.78, 5) is 28.0. The van der Waals surface area contributed by atoms with Gasteiger partial charge in [-0.1, -0.05) is 53.7 Å². The molecule has 0 aromatic heterocycles. The molecule has 27 heavy (non-hydrogen) atoms. The predicted molar refractivity (Wildman–Crippen MR) is 112 cm³/mol. The number of nitrogens with one attached hydrogen (secondary N) is 1. The van der Waals surface area contributed by atoms with Gasteiger partial charge in [0, 0.05) is 17.4 Å². The number of hydrogen-bond donors (Lipinski definition) is 1. The van der Waals surface area contributed by atoms with Crippen LogP contribution >= 0.6 is 11.8 Å². The maximum atomic E-state index is 13.4. The number of hydrogen-bond acceptors (Lipinski definition) is 3. The van der Waals surface area contributed by atoms with Crippen molar-refractivity contribution in [1.82, 2.24) is 10.2 Å². The van der Waals surface area contributed by atoms with Gasteiger partial charge in [-0.05, 0) is 41.4 Å². The molecule has 1 aromatic rings. The normalized spacial score (nSPS) is 23.4. The van der Waals surface area contributed by atoms with Crippen LogP contribution in [-0.4, -0.2) is 39.9 Å². The Morgan fingerprint density at radius 2 is 1.63 bits per heavy atom. The van der Waals surface area contributed by atoms with Crippen molar-refractivity contribution in [1.29, 1.82) is 0 Å². The van der Waals surface area contributed by atoms with E-state index in [-0.39, 0.29) is 28.0 Å². The third-order valence-electron chi connectivity index (χ3n) is 5.20. The van der Waals surface area contributed by atoms with E-state index in [4.69, 9.17) is 0 Å². The highest BCUT2D eigenvalue weighted by Gasteiger charge is 2.47. The van der Waals surface area contributed by atoms with E-state index in [9.17, 15) is 9.59 Å². The minimum absolute atomic E-state index is 0.00332. The minimum atomic E-state index is -0.394. The molecule has 4 nitrogen and oxygen atoms in total. The van der Waals surface area contributed by atoms with E-state index in [1.807, 2.05) is 29.2 Å². The Balaban J connectivity index is 1.87. The molecule has 148 valence electrons. The van der Waals surface area contributed by atoms with Crippen LogP contribution in [0.3, 0.4) is 0 Å². The zero-order valence-electron chi connectivity index (χ0n) is 17.3. The molecule has 1 aliphatic carbocycles. The highest BCUT2D eigenvalue weighted by atomic mass is 32.2. The molecule has 2 unspecified atom stereocenters. The second kappa shape index (κ2) is 7.16. The van der Waals surface area contributed by atoms with Crippen molar-refractivity contribution in [3.63, 3.8) is 0 Å². The van der Waals surface area contributed by atoms with Gasteiger partial charge >= 0.3 is 0 Å². The van der Waals surface area contributed by atoms with E-state index < -0.39 is 6.04 Å². The Morgan fingerprint density at radius 1 is 1.04 bits per heavy atom. The van der Waals surface area contributed by atoms with Gasteiger partial charge in [-0.25, -0.2) is 0 Å². The Morgan fingerprint density at radius 3 is 2.11 bits per heavy atom. The van der Waals surface area contributed by atoms with Crippen molar-refractivity contribution in [2.75, 3.05) is 5.75 Å². The van der Waals surface area contributed by atoms with Crippen LogP contribution in [0.4, 0.5) is 0 Å². The molecule has 1 saturated carbocycles. The number of nitrogens with zero attached hydrogens (tertiary/aromatic N) is 1. The molecule has 0 bridgehead atoms. The number of thioether (sulfide) groups is 1. The van der Waals surface area contributed by atoms with Gasteiger partial charge in [0.25, 0.3) is 5.91 Å². The van der Waals surface area contributed by atoms with Crippen LogP contribution in [0.2, 0.25) is 0 Å². The maximum Gasteiger partial charge on any atom is 0.255 e. The van der Waals surface area contributed by atoms with Crippen molar-refractivity contribution in [2.45, 2.75) is 77.3 Å². The topological polar surface area (TPSA) is 49.4 Å². The van der Waals surface area contributed by atoms with Crippen LogP contribution in [0.5, 0.6) is 0 Å². The number of rotatable bonds is 3. The van der Waals surface area contributed by atoms with E-state index in [1.165, 1.54) is 5.56 Å². The largest absolute Gasteiger partial charge is 0.352 e. The van der Waals surface area contributed by atoms with E-state index in [2.05, 4.69) is 46.9 Å². The molecule has 3 rings (SSSR count). The fourth-order valence-electron chi connectivity index (χ4n) is 3.41. The average Bonchev–Trinajstić information content (AvgIpc) is 3.25. The van der Waals surface area contributed by atoms with Crippen molar-refractivity contribution in [3.05, 3.63) is 35.4 Å². The Labute approximate surface area is 167 Å². The molecule has 0 spiro atoms. The second-order valence-corrected chi connectivity index (χ2v) is 11.0. The molecule has 2 aliphatic rings. The van der Waals surface area contributed by atoms with Crippen LogP contribution < -0.4 is 5.32 Å². The monoisotopic (exact) mass is 388 g/mol. The summed E-state index contributed by atoms with van der Waals surface area (Å²) in [6.07, 6.45) is 2.10. The lowest BCUT2D eigenvalue weighted by molar-refractivity contribution is -0.125. The lowest BCUT2D eigenvalue weighted by Crippen LogP contribution is -2.52. The molecule has 1 saturated heterocycles. The van der Waals surface area contributed by atoms with Gasteiger partial charge in [-0.2, -0.15) is 0 Å². The van der Waals surface area contributed by atoms with Gasteiger partial charge in [0.15, 0.2) is 0 Å². The summed E-state index contributed by atoms with van der Waals surface area (Å²) in [6.45, 7) is 12.9. The molecule has 0 radical (unpaired) electrons. The molecular weight excluding hydrogens is 356 g/mol. The summed E-state index contributed by atoms with van der Waals surface area (Å²) < 4.78 is 0. The summed E-state index contributed by atoms with van der Waals surface area (Å²) in [7, 11) is 0. The van der Waals surface area contributed by atoms with Crippen LogP contribution in [0.15, 0.2) is 24.3 Å². The summed E-state index contributed by atoms with van der Waals surface area (Å²) in [5, 5.41) is 3.08. The minimum Gasteiger partial charge on any atom is -0.352 e. The molecule has 1 N–H and O–H groups in total. The first-order valence-electron chi connectivity index (χ1n) is 9.83. The third kappa shape index (κ3) is 4.50. The average molecular weight is 389 g/mol. The fourth-order valence-corrected chi connectivity index (χ4v) is 4.99. The second-order valence-electron chi connectivity index (χ2n) is 9.89. The van der Waals surface area contributed by atoms with E-state index in [0.717, 1.165) is 12.8 Å². The molecule has 1 heterocycles. The molecule has 2 amide bonds. The summed E-state index contributed by atoms with van der Waals surface area (Å²) in [5.74, 6) is 0.611. The third-order valence-corrected chi connectivity index (χ3v) is 6.96. The highest BCUT2D eigenvalue weighted by Crippen LogP contribution is 2.41. The summed E-state index contributed by atoms with van der Waals surface area (Å²) >= 11 is 1.72. The number of carbonyl (C=O) groups is 2. The van der Waals surface area contributed by atoms with Gasteiger partial charge in [0.05, 0.1) is 5.37 Å². The lowest BCUT2D eigenvalue weighted by Gasteiger charge is -2.36.